The molecule has 1 aliphatic carbocycles. The van der Waals surface area contributed by atoms with Crippen LogP contribution in [0.3, 0.4) is 0 Å². The first-order chi connectivity index (χ1) is 17.2. The molecule has 36 heavy (non-hydrogen) atoms. The lowest BCUT2D eigenvalue weighted by molar-refractivity contribution is -0.143. The van der Waals surface area contributed by atoms with Crippen molar-refractivity contribution in [3.63, 3.8) is 0 Å². The van der Waals surface area contributed by atoms with Gasteiger partial charge in [0.05, 0.1) is 34.3 Å². The highest BCUT2D eigenvalue weighted by atomic mass is 35.5. The number of halogens is 1. The lowest BCUT2D eigenvalue weighted by Gasteiger charge is -2.31. The smallest absolute Gasteiger partial charge is 0.234 e. The number of nitrogens with zero attached hydrogens (tertiary/aromatic N) is 3. The van der Waals surface area contributed by atoms with Crippen LogP contribution in [0.25, 0.3) is 21.5 Å². The summed E-state index contributed by atoms with van der Waals surface area (Å²) in [6.45, 7) is 10.3. The van der Waals surface area contributed by atoms with E-state index >= 15 is 0 Å². The second-order valence-electron chi connectivity index (χ2n) is 10.9. The Bertz CT molecular complexity index is 1380. The third-order valence-corrected chi connectivity index (χ3v) is 9.42. The number of amides is 2. The second kappa shape index (κ2) is 8.50. The molecule has 2 amide bonds. The van der Waals surface area contributed by atoms with E-state index in [-0.39, 0.29) is 41.7 Å². The Kier molecular flexibility index (Phi) is 5.63. The third kappa shape index (κ3) is 3.73. The molecule has 7 nitrogen and oxygen atoms in total. The number of hydrogen-bond donors (Lipinski definition) is 1. The van der Waals surface area contributed by atoms with Crippen molar-refractivity contribution in [2.24, 2.45) is 23.2 Å². The van der Waals surface area contributed by atoms with Crippen LogP contribution in [0.4, 0.5) is 0 Å². The van der Waals surface area contributed by atoms with Crippen LogP contribution in [0.2, 0.25) is 5.02 Å². The number of rotatable bonds is 5. The van der Waals surface area contributed by atoms with Gasteiger partial charge in [-0.2, -0.15) is 0 Å². The predicted molar refractivity (Wildman–Crippen MR) is 140 cm³/mol. The Labute approximate surface area is 219 Å². The van der Waals surface area contributed by atoms with Crippen molar-refractivity contribution in [1.29, 1.82) is 0 Å². The lowest BCUT2D eigenvalue weighted by atomic mass is 9.97. The van der Waals surface area contributed by atoms with Gasteiger partial charge in [0.2, 0.25) is 11.8 Å². The largest absolute Gasteiger partial charge is 0.488 e. The molecule has 0 spiro atoms. The number of benzene rings is 1. The summed E-state index contributed by atoms with van der Waals surface area (Å²) in [6, 6.07) is 5.76. The fraction of sp³-hybridized carbons (Fsp3) is 0.481. The minimum atomic E-state index is -0.213. The maximum atomic E-state index is 12.9. The van der Waals surface area contributed by atoms with Gasteiger partial charge < -0.3 is 10.1 Å². The minimum Gasteiger partial charge on any atom is -0.488 e. The number of imide groups is 1. The molecule has 0 bridgehead atoms. The van der Waals surface area contributed by atoms with E-state index in [4.69, 9.17) is 16.3 Å². The van der Waals surface area contributed by atoms with Crippen molar-refractivity contribution in [1.82, 2.24) is 20.2 Å². The summed E-state index contributed by atoms with van der Waals surface area (Å²) in [5, 5.41) is 4.04. The molecule has 3 fully saturated rings. The summed E-state index contributed by atoms with van der Waals surface area (Å²) in [5.74, 6) is 0.730. The second-order valence-corrected chi connectivity index (χ2v) is 12.5. The highest BCUT2D eigenvalue weighted by Gasteiger charge is 2.72. The van der Waals surface area contributed by atoms with E-state index in [0.717, 1.165) is 57.2 Å². The molecule has 3 aliphatic rings. The van der Waals surface area contributed by atoms with Crippen molar-refractivity contribution < 1.29 is 14.3 Å². The molecule has 1 N–H and O–H groups in total. The van der Waals surface area contributed by atoms with E-state index in [1.54, 1.807) is 6.33 Å². The normalized spacial score (nSPS) is 27.0. The van der Waals surface area contributed by atoms with E-state index in [1.165, 1.54) is 16.2 Å². The van der Waals surface area contributed by atoms with Crippen molar-refractivity contribution in [3.8, 4) is 17.0 Å². The van der Waals surface area contributed by atoms with E-state index < -0.39 is 0 Å². The summed E-state index contributed by atoms with van der Waals surface area (Å²) < 4.78 is 7.48. The van der Waals surface area contributed by atoms with Gasteiger partial charge in [0.1, 0.15) is 18.2 Å². The Hall–Kier alpha value is -2.55. The van der Waals surface area contributed by atoms with E-state index in [1.807, 2.05) is 39.0 Å². The zero-order chi connectivity index (χ0) is 25.4. The van der Waals surface area contributed by atoms with E-state index in [9.17, 15) is 9.59 Å². The van der Waals surface area contributed by atoms with Crippen LogP contribution in [-0.4, -0.2) is 45.9 Å². The monoisotopic (exact) mass is 524 g/mol. The summed E-state index contributed by atoms with van der Waals surface area (Å²) in [7, 11) is 0. The Morgan fingerprint density at radius 2 is 1.94 bits per heavy atom. The molecule has 4 heterocycles. The SMILES string of the molecule is Cc1cc(Cl)cc(-c2ncnc3cc(CN4C(=O)C5C(C4=O)C5(C)C)sc23)c1O[C@@H]1CNCC[C@@H]1C. The number of carbonyl (C=O) groups excluding carboxylic acids is 2. The third-order valence-electron chi connectivity index (χ3n) is 8.09. The first kappa shape index (κ1) is 23.8. The zero-order valence-corrected chi connectivity index (χ0v) is 22.4. The number of likely N-dealkylation sites (tertiary alicyclic amines) is 1. The first-order valence-electron chi connectivity index (χ1n) is 12.4. The maximum absolute atomic E-state index is 12.9. The molecule has 2 aromatic heterocycles. The fourth-order valence-electron chi connectivity index (χ4n) is 5.82. The van der Waals surface area contributed by atoms with Crippen LogP contribution in [0.1, 0.15) is 37.6 Å². The van der Waals surface area contributed by atoms with Crippen molar-refractivity contribution in [2.75, 3.05) is 13.1 Å². The molecule has 1 aromatic carbocycles. The number of fused-ring (bicyclic) bond motifs is 2. The maximum Gasteiger partial charge on any atom is 0.234 e. The zero-order valence-electron chi connectivity index (χ0n) is 20.8. The van der Waals surface area contributed by atoms with Crippen LogP contribution in [0.5, 0.6) is 5.75 Å². The lowest BCUT2D eigenvalue weighted by Crippen LogP contribution is -2.43. The highest BCUT2D eigenvalue weighted by molar-refractivity contribution is 7.19. The van der Waals surface area contributed by atoms with Gasteiger partial charge in [-0.3, -0.25) is 14.5 Å². The topological polar surface area (TPSA) is 84.4 Å². The fourth-order valence-corrected chi connectivity index (χ4v) is 7.20. The molecule has 188 valence electrons. The molecule has 2 aliphatic heterocycles. The molecule has 4 atom stereocenters. The molecular formula is C27H29ClN4O3S. The molecule has 6 rings (SSSR count). The molecule has 2 unspecified atom stereocenters. The van der Waals surface area contributed by atoms with E-state index in [0.29, 0.717) is 10.9 Å². The summed E-state index contributed by atoms with van der Waals surface area (Å²) in [5.41, 5.74) is 3.09. The molecule has 3 aromatic rings. The van der Waals surface area contributed by atoms with Gasteiger partial charge in [0.25, 0.3) is 0 Å². The van der Waals surface area contributed by atoms with Gasteiger partial charge in [-0.05, 0) is 55.0 Å². The van der Waals surface area contributed by atoms with Gasteiger partial charge in [-0.25, -0.2) is 9.97 Å². The number of piperidine rings is 2. The number of nitrogens with one attached hydrogen (secondary N) is 1. The summed E-state index contributed by atoms with van der Waals surface area (Å²) in [4.78, 5) is 37.2. The Morgan fingerprint density at radius 3 is 2.67 bits per heavy atom. The number of carbonyl (C=O) groups is 2. The van der Waals surface area contributed by atoms with Gasteiger partial charge in [0.15, 0.2) is 0 Å². The summed E-state index contributed by atoms with van der Waals surface area (Å²) in [6.07, 6.45) is 2.66. The number of ether oxygens (including phenoxy) is 1. The van der Waals surface area contributed by atoms with Gasteiger partial charge >= 0.3 is 0 Å². The number of aromatic nitrogens is 2. The van der Waals surface area contributed by atoms with Crippen LogP contribution in [0, 0.1) is 30.1 Å². The average molecular weight is 525 g/mol. The number of hydrogen-bond acceptors (Lipinski definition) is 7. The van der Waals surface area contributed by atoms with Crippen LogP contribution < -0.4 is 10.1 Å². The highest BCUT2D eigenvalue weighted by Crippen LogP contribution is 2.63. The Morgan fingerprint density at radius 1 is 1.19 bits per heavy atom. The first-order valence-corrected chi connectivity index (χ1v) is 13.6. The van der Waals surface area contributed by atoms with Gasteiger partial charge in [0, 0.05) is 22.0 Å². The van der Waals surface area contributed by atoms with Gasteiger partial charge in [-0.15, -0.1) is 11.3 Å². The van der Waals surface area contributed by atoms with Crippen LogP contribution in [0.15, 0.2) is 24.5 Å². The summed E-state index contributed by atoms with van der Waals surface area (Å²) >= 11 is 8.01. The standard InChI is InChI=1S/C27H29ClN4O3S/c1-13-5-6-29-10-19(13)35-23-14(2)7-15(28)8-17(23)22-24-18(30-12-31-22)9-16(36-24)11-32-25(33)20-21(26(32)34)27(20,3)4/h7-9,12-13,19-21,29H,5-6,10-11H2,1-4H3/t13-,19+,20?,21?/m0/s1. The molecular weight excluding hydrogens is 496 g/mol. The van der Waals surface area contributed by atoms with Gasteiger partial charge in [-0.1, -0.05) is 32.4 Å². The predicted octanol–water partition coefficient (Wildman–Crippen LogP) is 4.84. The minimum absolute atomic E-state index is 0.0523. The number of thiophene rings is 1. The Balaban J connectivity index is 1.36. The molecule has 1 saturated carbocycles. The average Bonchev–Trinajstić information content (AvgIpc) is 3.08. The van der Waals surface area contributed by atoms with E-state index in [2.05, 4.69) is 22.2 Å². The quantitative estimate of drug-likeness (QED) is 0.481. The number of aryl methyl sites for hydroxylation is 1. The van der Waals surface area contributed by atoms with Crippen molar-refractivity contribution in [2.45, 2.75) is 46.8 Å². The molecule has 0 radical (unpaired) electrons. The van der Waals surface area contributed by atoms with Crippen molar-refractivity contribution in [3.05, 3.63) is 40.0 Å². The van der Waals surface area contributed by atoms with Crippen LogP contribution >= 0.6 is 22.9 Å². The van der Waals surface area contributed by atoms with Crippen LogP contribution in [-0.2, 0) is 16.1 Å². The van der Waals surface area contributed by atoms with Crippen molar-refractivity contribution >= 4 is 45.0 Å². The molecule has 9 heteroatoms. The molecule has 2 saturated heterocycles.